The summed E-state index contributed by atoms with van der Waals surface area (Å²) in [6.45, 7) is 5.20. The summed E-state index contributed by atoms with van der Waals surface area (Å²) >= 11 is 0. The molecule has 0 radical (unpaired) electrons. The van der Waals surface area contributed by atoms with Gasteiger partial charge in [-0.15, -0.1) is 0 Å². The molecule has 1 fully saturated rings. The lowest BCUT2D eigenvalue weighted by molar-refractivity contribution is -0.387. The summed E-state index contributed by atoms with van der Waals surface area (Å²) in [6.07, 6.45) is -0.579. The van der Waals surface area contributed by atoms with Gasteiger partial charge in [-0.2, -0.15) is 4.39 Å². The Balaban J connectivity index is 2.15. The number of nitro groups is 1. The van der Waals surface area contributed by atoms with Crippen LogP contribution in [-0.2, 0) is 4.74 Å². The minimum absolute atomic E-state index is 0.0235. The first kappa shape index (κ1) is 20.5. The summed E-state index contributed by atoms with van der Waals surface area (Å²) < 4.78 is 46.1. The summed E-state index contributed by atoms with van der Waals surface area (Å²) in [6, 6.07) is 0.371. The molecule has 0 saturated carbocycles. The maximum Gasteiger partial charge on any atom is 0.410 e. The molecule has 0 spiro atoms. The minimum Gasteiger partial charge on any atom is -0.444 e. The van der Waals surface area contributed by atoms with E-state index in [1.165, 1.54) is 4.90 Å². The van der Waals surface area contributed by atoms with E-state index in [4.69, 9.17) is 4.74 Å². The molecule has 1 aliphatic rings. The van der Waals surface area contributed by atoms with Crippen LogP contribution in [0.3, 0.4) is 0 Å². The number of rotatable bonds is 2. The minimum atomic E-state index is -2.08. The Labute approximate surface area is 152 Å². The van der Waals surface area contributed by atoms with Crippen molar-refractivity contribution in [2.75, 3.05) is 26.2 Å². The van der Waals surface area contributed by atoms with Gasteiger partial charge in [-0.05, 0) is 20.8 Å². The second-order valence-corrected chi connectivity index (χ2v) is 6.90. The Morgan fingerprint density at radius 1 is 1.04 bits per heavy atom. The highest BCUT2D eigenvalue weighted by Crippen LogP contribution is 2.26. The van der Waals surface area contributed by atoms with Gasteiger partial charge in [0.05, 0.1) is 10.5 Å². The predicted octanol–water partition coefficient (Wildman–Crippen LogP) is 2.71. The van der Waals surface area contributed by atoms with E-state index in [0.717, 1.165) is 4.90 Å². The Morgan fingerprint density at radius 3 is 2.04 bits per heavy atom. The quantitative estimate of drug-likeness (QED) is 0.441. The fourth-order valence-electron chi connectivity index (χ4n) is 2.47. The maximum absolute atomic E-state index is 13.9. The molecule has 148 valence electrons. The Kier molecular flexibility index (Phi) is 5.62. The average Bonchev–Trinajstić information content (AvgIpc) is 2.57. The second kappa shape index (κ2) is 7.41. The van der Waals surface area contributed by atoms with Crippen LogP contribution in [0.1, 0.15) is 31.1 Å². The molecule has 1 aliphatic heterocycles. The second-order valence-electron chi connectivity index (χ2n) is 6.90. The molecule has 0 atom stereocenters. The number of halogens is 3. The Morgan fingerprint density at radius 2 is 1.56 bits per heavy atom. The molecule has 1 saturated heterocycles. The fraction of sp³-hybridized carbons (Fsp3) is 0.500. The highest BCUT2D eigenvalue weighted by Gasteiger charge is 2.33. The first-order valence-corrected chi connectivity index (χ1v) is 8.01. The van der Waals surface area contributed by atoms with Crippen molar-refractivity contribution in [2.24, 2.45) is 0 Å². The van der Waals surface area contributed by atoms with E-state index in [9.17, 15) is 32.9 Å². The number of hydrogen-bond acceptors (Lipinski definition) is 5. The number of ether oxygens (including phenoxy) is 1. The third-order valence-electron chi connectivity index (χ3n) is 3.77. The lowest BCUT2D eigenvalue weighted by atomic mass is 10.1. The standard InChI is InChI=1S/C16H18F3N3O5/c1-16(2,3)27-15(24)21-6-4-20(5-7-21)14(23)9-8-10(22(25)26)12(18)13(19)11(9)17/h8H,4-7H2,1-3H3. The normalized spacial score (nSPS) is 14.9. The zero-order chi connectivity index (χ0) is 20.5. The Hall–Kier alpha value is -2.85. The van der Waals surface area contributed by atoms with Crippen molar-refractivity contribution >= 4 is 17.7 Å². The van der Waals surface area contributed by atoms with Crippen LogP contribution >= 0.6 is 0 Å². The van der Waals surface area contributed by atoms with Crippen LogP contribution in [0.4, 0.5) is 23.7 Å². The number of nitrogens with zero attached hydrogens (tertiary/aromatic N) is 3. The third-order valence-corrected chi connectivity index (χ3v) is 3.77. The van der Waals surface area contributed by atoms with E-state index in [0.29, 0.717) is 6.07 Å². The largest absolute Gasteiger partial charge is 0.444 e. The molecule has 0 aromatic heterocycles. The highest BCUT2D eigenvalue weighted by atomic mass is 19.2. The molecule has 2 amide bonds. The van der Waals surface area contributed by atoms with Crippen molar-refractivity contribution in [3.8, 4) is 0 Å². The predicted molar refractivity (Wildman–Crippen MR) is 86.7 cm³/mol. The molecular weight excluding hydrogens is 371 g/mol. The van der Waals surface area contributed by atoms with E-state index >= 15 is 0 Å². The van der Waals surface area contributed by atoms with Crippen LogP contribution in [0, 0.1) is 27.6 Å². The zero-order valence-corrected chi connectivity index (χ0v) is 14.9. The molecule has 0 unspecified atom stereocenters. The van der Waals surface area contributed by atoms with Crippen LogP contribution < -0.4 is 0 Å². The van der Waals surface area contributed by atoms with Crippen molar-refractivity contribution < 1.29 is 32.4 Å². The lowest BCUT2D eigenvalue weighted by Gasteiger charge is -2.35. The van der Waals surface area contributed by atoms with E-state index < -0.39 is 51.2 Å². The van der Waals surface area contributed by atoms with E-state index in [2.05, 4.69) is 0 Å². The van der Waals surface area contributed by atoms with Crippen LogP contribution in [-0.4, -0.2) is 58.5 Å². The van der Waals surface area contributed by atoms with Gasteiger partial charge >= 0.3 is 11.8 Å². The van der Waals surface area contributed by atoms with Gasteiger partial charge < -0.3 is 14.5 Å². The summed E-state index contributed by atoms with van der Waals surface area (Å²) in [7, 11) is 0. The number of nitro benzene ring substituents is 1. The average molecular weight is 389 g/mol. The van der Waals surface area contributed by atoms with Crippen molar-refractivity contribution in [3.63, 3.8) is 0 Å². The summed E-state index contributed by atoms with van der Waals surface area (Å²) in [4.78, 5) is 36.4. The van der Waals surface area contributed by atoms with Gasteiger partial charge in [0, 0.05) is 32.2 Å². The van der Waals surface area contributed by atoms with Gasteiger partial charge in [0.25, 0.3) is 5.91 Å². The molecule has 8 nitrogen and oxygen atoms in total. The van der Waals surface area contributed by atoms with E-state index in [-0.39, 0.29) is 26.2 Å². The van der Waals surface area contributed by atoms with Crippen LogP contribution in [0.15, 0.2) is 6.07 Å². The first-order chi connectivity index (χ1) is 12.4. The van der Waals surface area contributed by atoms with Gasteiger partial charge in [0.15, 0.2) is 5.82 Å². The summed E-state index contributed by atoms with van der Waals surface area (Å²) in [5.41, 5.74) is -2.96. The smallest absolute Gasteiger partial charge is 0.410 e. The van der Waals surface area contributed by atoms with Crippen molar-refractivity contribution in [2.45, 2.75) is 26.4 Å². The van der Waals surface area contributed by atoms with Crippen LogP contribution in [0.25, 0.3) is 0 Å². The Bertz CT molecular complexity index is 786. The molecule has 11 heteroatoms. The van der Waals surface area contributed by atoms with Crippen molar-refractivity contribution in [1.82, 2.24) is 9.80 Å². The van der Waals surface area contributed by atoms with Gasteiger partial charge in [-0.1, -0.05) is 0 Å². The van der Waals surface area contributed by atoms with Crippen LogP contribution in [0.2, 0.25) is 0 Å². The zero-order valence-electron chi connectivity index (χ0n) is 14.9. The number of hydrogen-bond donors (Lipinski definition) is 0. The number of amides is 2. The van der Waals surface area contributed by atoms with Gasteiger partial charge in [0.2, 0.25) is 11.6 Å². The number of carbonyl (C=O) groups excluding carboxylic acids is 2. The van der Waals surface area contributed by atoms with Gasteiger partial charge in [-0.3, -0.25) is 14.9 Å². The third kappa shape index (κ3) is 4.47. The monoisotopic (exact) mass is 389 g/mol. The maximum atomic E-state index is 13.9. The molecule has 0 bridgehead atoms. The van der Waals surface area contributed by atoms with Crippen LogP contribution in [0.5, 0.6) is 0 Å². The number of piperazine rings is 1. The van der Waals surface area contributed by atoms with E-state index in [1.807, 2.05) is 0 Å². The van der Waals surface area contributed by atoms with E-state index in [1.54, 1.807) is 20.8 Å². The highest BCUT2D eigenvalue weighted by molar-refractivity contribution is 5.95. The van der Waals surface area contributed by atoms with Gasteiger partial charge in [-0.25, -0.2) is 13.6 Å². The lowest BCUT2D eigenvalue weighted by Crippen LogP contribution is -2.51. The van der Waals surface area contributed by atoms with Crippen molar-refractivity contribution in [3.05, 3.63) is 39.2 Å². The van der Waals surface area contributed by atoms with Crippen molar-refractivity contribution in [1.29, 1.82) is 0 Å². The molecule has 27 heavy (non-hydrogen) atoms. The molecule has 1 aromatic rings. The molecule has 2 rings (SSSR count). The molecule has 0 aliphatic carbocycles. The molecule has 1 heterocycles. The molecular formula is C16H18F3N3O5. The first-order valence-electron chi connectivity index (χ1n) is 8.01. The molecule has 0 N–H and O–H groups in total. The fourth-order valence-corrected chi connectivity index (χ4v) is 2.47. The molecule has 1 aromatic carbocycles. The topological polar surface area (TPSA) is 93.0 Å². The van der Waals surface area contributed by atoms with Gasteiger partial charge in [0.1, 0.15) is 5.60 Å². The SMILES string of the molecule is CC(C)(C)OC(=O)N1CCN(C(=O)c2cc([N+](=O)[O-])c(F)c(F)c2F)CC1. The number of benzene rings is 1. The summed E-state index contributed by atoms with van der Waals surface area (Å²) in [5.74, 6) is -6.88. The number of carbonyl (C=O) groups is 2. The summed E-state index contributed by atoms with van der Waals surface area (Å²) in [5, 5.41) is 10.8.